The molecule has 2 aromatic rings. The van der Waals surface area contributed by atoms with Gasteiger partial charge in [-0.1, -0.05) is 19.3 Å². The van der Waals surface area contributed by atoms with Crippen molar-refractivity contribution >= 4 is 16.8 Å². The van der Waals surface area contributed by atoms with Gasteiger partial charge in [-0.2, -0.15) is 0 Å². The average molecular weight is 286 g/mol. The summed E-state index contributed by atoms with van der Waals surface area (Å²) < 4.78 is 5.26. The molecule has 0 radical (unpaired) electrons. The van der Waals surface area contributed by atoms with Crippen LogP contribution in [0.5, 0.6) is 5.75 Å². The summed E-state index contributed by atoms with van der Waals surface area (Å²) >= 11 is 0. The van der Waals surface area contributed by atoms with Crippen LogP contribution in [0, 0.1) is 0 Å². The summed E-state index contributed by atoms with van der Waals surface area (Å²) in [6.45, 7) is 0. The van der Waals surface area contributed by atoms with Gasteiger partial charge in [0.1, 0.15) is 5.75 Å². The molecule has 1 amide bonds. The molecule has 1 aromatic carbocycles. The van der Waals surface area contributed by atoms with Gasteiger partial charge in [0, 0.05) is 30.2 Å². The third-order valence-corrected chi connectivity index (χ3v) is 4.56. The largest absolute Gasteiger partial charge is 0.497 e. The second kappa shape index (κ2) is 5.80. The van der Waals surface area contributed by atoms with Crippen LogP contribution in [0.2, 0.25) is 0 Å². The number of rotatable bonds is 3. The molecule has 4 nitrogen and oxygen atoms in total. The molecule has 1 aliphatic carbocycles. The first-order valence-electron chi connectivity index (χ1n) is 7.63. The lowest BCUT2D eigenvalue weighted by molar-refractivity contribution is 0.0698. The zero-order chi connectivity index (χ0) is 14.8. The monoisotopic (exact) mass is 286 g/mol. The van der Waals surface area contributed by atoms with Gasteiger partial charge in [-0.15, -0.1) is 0 Å². The highest BCUT2D eigenvalue weighted by atomic mass is 16.5. The number of methoxy groups -OCH3 is 1. The SMILES string of the molecule is COc1ccc2[nH]cc(C(=O)N(C)C3CCCCC3)c2c1. The maximum Gasteiger partial charge on any atom is 0.256 e. The molecule has 1 heterocycles. The van der Waals surface area contributed by atoms with E-state index in [2.05, 4.69) is 4.98 Å². The minimum absolute atomic E-state index is 0.0985. The van der Waals surface area contributed by atoms with Crippen molar-refractivity contribution in [1.82, 2.24) is 9.88 Å². The molecule has 0 bridgehead atoms. The molecule has 112 valence electrons. The van der Waals surface area contributed by atoms with Crippen LogP contribution in [0.3, 0.4) is 0 Å². The summed E-state index contributed by atoms with van der Waals surface area (Å²) in [7, 11) is 3.57. The van der Waals surface area contributed by atoms with Crippen molar-refractivity contribution in [2.45, 2.75) is 38.1 Å². The van der Waals surface area contributed by atoms with Crippen LogP contribution < -0.4 is 4.74 Å². The van der Waals surface area contributed by atoms with E-state index in [9.17, 15) is 4.79 Å². The van der Waals surface area contributed by atoms with Crippen molar-refractivity contribution < 1.29 is 9.53 Å². The number of aromatic nitrogens is 1. The molecular formula is C17H22N2O2. The predicted molar refractivity (Wildman–Crippen MR) is 83.8 cm³/mol. The van der Waals surface area contributed by atoms with Crippen molar-refractivity contribution in [2.24, 2.45) is 0 Å². The quantitative estimate of drug-likeness (QED) is 0.937. The zero-order valence-corrected chi connectivity index (χ0v) is 12.7. The third-order valence-electron chi connectivity index (χ3n) is 4.56. The van der Waals surface area contributed by atoms with Gasteiger partial charge in [-0.05, 0) is 31.0 Å². The number of hydrogen-bond acceptors (Lipinski definition) is 2. The Hall–Kier alpha value is -1.97. The lowest BCUT2D eigenvalue weighted by Gasteiger charge is -2.31. The summed E-state index contributed by atoms with van der Waals surface area (Å²) in [5, 5.41) is 0.932. The van der Waals surface area contributed by atoms with E-state index in [1.807, 2.05) is 36.3 Å². The van der Waals surface area contributed by atoms with E-state index in [-0.39, 0.29) is 5.91 Å². The first-order chi connectivity index (χ1) is 10.2. The summed E-state index contributed by atoms with van der Waals surface area (Å²) in [5.41, 5.74) is 1.70. The smallest absolute Gasteiger partial charge is 0.256 e. The predicted octanol–water partition coefficient (Wildman–Crippen LogP) is 3.58. The Morgan fingerprint density at radius 2 is 2.05 bits per heavy atom. The zero-order valence-electron chi connectivity index (χ0n) is 12.7. The summed E-state index contributed by atoms with van der Waals surface area (Å²) in [4.78, 5) is 17.9. The van der Waals surface area contributed by atoms with E-state index >= 15 is 0 Å². The van der Waals surface area contributed by atoms with Crippen molar-refractivity contribution in [2.75, 3.05) is 14.2 Å². The van der Waals surface area contributed by atoms with E-state index in [0.717, 1.165) is 35.1 Å². The minimum Gasteiger partial charge on any atom is -0.497 e. The van der Waals surface area contributed by atoms with E-state index in [1.54, 1.807) is 7.11 Å². The number of H-pyrrole nitrogens is 1. The Balaban J connectivity index is 1.89. The van der Waals surface area contributed by atoms with Gasteiger partial charge >= 0.3 is 0 Å². The fourth-order valence-corrected chi connectivity index (χ4v) is 3.23. The topological polar surface area (TPSA) is 45.3 Å². The van der Waals surface area contributed by atoms with Gasteiger partial charge in [0.25, 0.3) is 5.91 Å². The fourth-order valence-electron chi connectivity index (χ4n) is 3.23. The number of ether oxygens (including phenoxy) is 1. The Morgan fingerprint density at radius 3 is 2.76 bits per heavy atom. The highest BCUT2D eigenvalue weighted by Crippen LogP contribution is 2.27. The molecule has 0 aliphatic heterocycles. The normalized spacial score (nSPS) is 16.1. The molecule has 1 fully saturated rings. The van der Waals surface area contributed by atoms with Crippen LogP contribution in [-0.2, 0) is 0 Å². The van der Waals surface area contributed by atoms with Crippen LogP contribution in [0.1, 0.15) is 42.5 Å². The van der Waals surface area contributed by atoms with Crippen LogP contribution in [0.15, 0.2) is 24.4 Å². The summed E-state index contributed by atoms with van der Waals surface area (Å²) in [5.74, 6) is 0.873. The first kappa shape index (κ1) is 14.0. The molecule has 0 atom stereocenters. The molecule has 1 aliphatic rings. The molecule has 3 rings (SSSR count). The van der Waals surface area contributed by atoms with E-state index in [0.29, 0.717) is 6.04 Å². The first-order valence-corrected chi connectivity index (χ1v) is 7.63. The number of aromatic amines is 1. The van der Waals surface area contributed by atoms with Crippen molar-refractivity contribution in [1.29, 1.82) is 0 Å². The number of carbonyl (C=O) groups excluding carboxylic acids is 1. The van der Waals surface area contributed by atoms with Gasteiger partial charge in [0.15, 0.2) is 0 Å². The molecular weight excluding hydrogens is 264 g/mol. The van der Waals surface area contributed by atoms with Crippen LogP contribution in [0.25, 0.3) is 10.9 Å². The second-order valence-corrected chi connectivity index (χ2v) is 5.82. The number of carbonyl (C=O) groups is 1. The fraction of sp³-hybridized carbons (Fsp3) is 0.471. The van der Waals surface area contributed by atoms with E-state index in [1.165, 1.54) is 19.3 Å². The highest BCUT2D eigenvalue weighted by molar-refractivity contribution is 6.07. The maximum absolute atomic E-state index is 12.8. The molecule has 0 spiro atoms. The summed E-state index contributed by atoms with van der Waals surface area (Å²) in [6.07, 6.45) is 7.80. The van der Waals surface area contributed by atoms with Crippen molar-refractivity contribution in [3.8, 4) is 5.75 Å². The third kappa shape index (κ3) is 2.62. The minimum atomic E-state index is 0.0985. The lowest BCUT2D eigenvalue weighted by Crippen LogP contribution is -2.38. The molecule has 1 N–H and O–H groups in total. The Kier molecular flexibility index (Phi) is 3.86. The Bertz CT molecular complexity index is 641. The van der Waals surface area contributed by atoms with Gasteiger partial charge < -0.3 is 14.6 Å². The van der Waals surface area contributed by atoms with Gasteiger partial charge in [0.2, 0.25) is 0 Å². The van der Waals surface area contributed by atoms with Gasteiger partial charge in [-0.25, -0.2) is 0 Å². The van der Waals surface area contributed by atoms with Gasteiger partial charge in [0.05, 0.1) is 12.7 Å². The van der Waals surface area contributed by atoms with Crippen LogP contribution >= 0.6 is 0 Å². The van der Waals surface area contributed by atoms with Crippen molar-refractivity contribution in [3.63, 3.8) is 0 Å². The van der Waals surface area contributed by atoms with Gasteiger partial charge in [-0.3, -0.25) is 4.79 Å². The van der Waals surface area contributed by atoms with Crippen LogP contribution in [-0.4, -0.2) is 36.0 Å². The molecule has 1 aromatic heterocycles. The number of nitrogens with one attached hydrogen (secondary N) is 1. The molecule has 0 unspecified atom stereocenters. The van der Waals surface area contributed by atoms with E-state index < -0.39 is 0 Å². The maximum atomic E-state index is 12.8. The number of fused-ring (bicyclic) bond motifs is 1. The standard InChI is InChI=1S/C17H22N2O2/c1-19(12-6-4-3-5-7-12)17(20)15-11-18-16-9-8-13(21-2)10-14(15)16/h8-12,18H,3-7H2,1-2H3. The van der Waals surface area contributed by atoms with Crippen molar-refractivity contribution in [3.05, 3.63) is 30.0 Å². The number of hydrogen-bond donors (Lipinski definition) is 1. The number of benzene rings is 1. The average Bonchev–Trinajstić information content (AvgIpc) is 2.97. The second-order valence-electron chi connectivity index (χ2n) is 5.82. The molecule has 0 saturated heterocycles. The number of amides is 1. The lowest BCUT2D eigenvalue weighted by atomic mass is 9.94. The molecule has 21 heavy (non-hydrogen) atoms. The van der Waals surface area contributed by atoms with E-state index in [4.69, 9.17) is 4.74 Å². The number of nitrogens with zero attached hydrogens (tertiary/aromatic N) is 1. The Labute approximate surface area is 125 Å². The highest BCUT2D eigenvalue weighted by Gasteiger charge is 2.24. The molecule has 4 heteroatoms. The summed E-state index contributed by atoms with van der Waals surface area (Å²) in [6, 6.07) is 6.15. The van der Waals surface area contributed by atoms with Crippen LogP contribution in [0.4, 0.5) is 0 Å². The molecule has 1 saturated carbocycles. The Morgan fingerprint density at radius 1 is 1.29 bits per heavy atom.